The number of benzene rings is 1. The molecule has 0 N–H and O–H groups in total. The second-order valence-corrected chi connectivity index (χ2v) is 6.13. The SMILES string of the molecule is CCC1(CC)CC(C#N)(c2cc(C)cc(C)c2)C1. The van der Waals surface area contributed by atoms with Gasteiger partial charge in [0, 0.05) is 0 Å². The van der Waals surface area contributed by atoms with Crippen LogP contribution in [0.3, 0.4) is 0 Å². The molecule has 18 heavy (non-hydrogen) atoms. The molecule has 0 spiro atoms. The van der Waals surface area contributed by atoms with Crippen molar-refractivity contribution in [3.05, 3.63) is 34.9 Å². The lowest BCUT2D eigenvalue weighted by atomic mass is 9.49. The second-order valence-electron chi connectivity index (χ2n) is 6.13. The maximum Gasteiger partial charge on any atom is 0.0833 e. The minimum atomic E-state index is -0.219. The number of hydrogen-bond acceptors (Lipinski definition) is 1. The average Bonchev–Trinajstić information content (AvgIpc) is 2.29. The first-order valence-electron chi connectivity index (χ1n) is 6.99. The highest BCUT2D eigenvalue weighted by Crippen LogP contribution is 2.59. The minimum Gasteiger partial charge on any atom is -0.197 e. The fourth-order valence-corrected chi connectivity index (χ4v) is 3.58. The van der Waals surface area contributed by atoms with Gasteiger partial charge in [-0.05, 0) is 37.7 Å². The third-order valence-electron chi connectivity index (χ3n) is 4.84. The van der Waals surface area contributed by atoms with E-state index >= 15 is 0 Å². The Bertz CT molecular complexity index is 461. The third-order valence-corrected chi connectivity index (χ3v) is 4.84. The molecule has 0 heterocycles. The highest BCUT2D eigenvalue weighted by molar-refractivity contribution is 5.42. The smallest absolute Gasteiger partial charge is 0.0833 e. The largest absolute Gasteiger partial charge is 0.197 e. The van der Waals surface area contributed by atoms with Gasteiger partial charge in [0.15, 0.2) is 0 Å². The lowest BCUT2D eigenvalue weighted by molar-refractivity contribution is 0.0479. The Labute approximate surface area is 111 Å². The minimum absolute atomic E-state index is 0.219. The molecule has 1 aliphatic carbocycles. The number of rotatable bonds is 3. The van der Waals surface area contributed by atoms with E-state index in [-0.39, 0.29) is 5.41 Å². The van der Waals surface area contributed by atoms with Crippen molar-refractivity contribution in [2.24, 2.45) is 5.41 Å². The van der Waals surface area contributed by atoms with E-state index in [0.717, 1.165) is 12.8 Å². The molecule has 1 fully saturated rings. The van der Waals surface area contributed by atoms with E-state index in [1.54, 1.807) is 0 Å². The maximum absolute atomic E-state index is 9.65. The number of nitriles is 1. The van der Waals surface area contributed by atoms with Crippen LogP contribution in [0.15, 0.2) is 18.2 Å². The Kier molecular flexibility index (Phi) is 3.23. The molecule has 0 bridgehead atoms. The van der Waals surface area contributed by atoms with Gasteiger partial charge < -0.3 is 0 Å². The molecule has 1 aliphatic rings. The zero-order chi connectivity index (χ0) is 13.4. The van der Waals surface area contributed by atoms with Gasteiger partial charge in [-0.25, -0.2) is 0 Å². The first kappa shape index (κ1) is 13.1. The molecule has 0 atom stereocenters. The van der Waals surface area contributed by atoms with Gasteiger partial charge in [0.2, 0.25) is 0 Å². The van der Waals surface area contributed by atoms with Crippen molar-refractivity contribution in [2.75, 3.05) is 0 Å². The average molecular weight is 241 g/mol. The topological polar surface area (TPSA) is 23.8 Å². The van der Waals surface area contributed by atoms with Crippen LogP contribution in [-0.2, 0) is 5.41 Å². The molecule has 2 rings (SSSR count). The van der Waals surface area contributed by atoms with Crippen LogP contribution >= 0.6 is 0 Å². The maximum atomic E-state index is 9.65. The van der Waals surface area contributed by atoms with Gasteiger partial charge in [0.05, 0.1) is 11.5 Å². The van der Waals surface area contributed by atoms with E-state index in [1.165, 1.54) is 29.5 Å². The van der Waals surface area contributed by atoms with Gasteiger partial charge in [-0.15, -0.1) is 0 Å². The molecule has 1 aromatic carbocycles. The van der Waals surface area contributed by atoms with Crippen LogP contribution in [0.2, 0.25) is 0 Å². The summed E-state index contributed by atoms with van der Waals surface area (Å²) in [6.45, 7) is 8.75. The summed E-state index contributed by atoms with van der Waals surface area (Å²) in [5, 5.41) is 9.65. The lowest BCUT2D eigenvalue weighted by Crippen LogP contribution is -2.48. The zero-order valence-corrected chi connectivity index (χ0v) is 12.0. The van der Waals surface area contributed by atoms with Crippen LogP contribution in [0.4, 0.5) is 0 Å². The summed E-state index contributed by atoms with van der Waals surface area (Å²) in [5.74, 6) is 0. The van der Waals surface area contributed by atoms with Crippen molar-refractivity contribution in [3.63, 3.8) is 0 Å². The molecular weight excluding hydrogens is 218 g/mol. The quantitative estimate of drug-likeness (QED) is 0.754. The molecule has 1 nitrogen and oxygen atoms in total. The van der Waals surface area contributed by atoms with Crippen LogP contribution in [0, 0.1) is 30.6 Å². The predicted octanol–water partition coefficient (Wildman–Crippen LogP) is 4.67. The summed E-state index contributed by atoms with van der Waals surface area (Å²) in [6, 6.07) is 9.19. The van der Waals surface area contributed by atoms with Crippen molar-refractivity contribution in [2.45, 2.75) is 58.8 Å². The third kappa shape index (κ3) is 1.94. The van der Waals surface area contributed by atoms with E-state index < -0.39 is 0 Å². The van der Waals surface area contributed by atoms with Crippen molar-refractivity contribution in [3.8, 4) is 6.07 Å². The van der Waals surface area contributed by atoms with Crippen molar-refractivity contribution in [1.29, 1.82) is 5.26 Å². The van der Waals surface area contributed by atoms with Crippen molar-refractivity contribution in [1.82, 2.24) is 0 Å². The molecule has 1 aromatic rings. The number of hydrogen-bond donors (Lipinski definition) is 0. The zero-order valence-electron chi connectivity index (χ0n) is 12.0. The van der Waals surface area contributed by atoms with E-state index in [1.807, 2.05) is 0 Å². The first-order chi connectivity index (χ1) is 8.49. The van der Waals surface area contributed by atoms with Crippen LogP contribution in [-0.4, -0.2) is 0 Å². The summed E-state index contributed by atoms with van der Waals surface area (Å²) in [5.41, 5.74) is 3.96. The van der Waals surface area contributed by atoms with Crippen LogP contribution < -0.4 is 0 Å². The molecule has 96 valence electrons. The summed E-state index contributed by atoms with van der Waals surface area (Å²) in [4.78, 5) is 0. The summed E-state index contributed by atoms with van der Waals surface area (Å²) >= 11 is 0. The second kappa shape index (κ2) is 4.43. The fraction of sp³-hybridized carbons (Fsp3) is 0.588. The van der Waals surface area contributed by atoms with Gasteiger partial charge in [-0.3, -0.25) is 0 Å². The lowest BCUT2D eigenvalue weighted by Gasteiger charge is -2.53. The first-order valence-corrected chi connectivity index (χ1v) is 6.99. The molecule has 1 heteroatoms. The monoisotopic (exact) mass is 241 g/mol. The van der Waals surface area contributed by atoms with Gasteiger partial charge in [-0.2, -0.15) is 5.26 Å². The molecule has 0 radical (unpaired) electrons. The number of nitrogens with zero attached hydrogens (tertiary/aromatic N) is 1. The van der Waals surface area contributed by atoms with E-state index in [4.69, 9.17) is 0 Å². The molecule has 0 saturated heterocycles. The van der Waals surface area contributed by atoms with E-state index in [2.05, 4.69) is 52.0 Å². The van der Waals surface area contributed by atoms with Gasteiger partial charge in [-0.1, -0.05) is 56.0 Å². The van der Waals surface area contributed by atoms with Gasteiger partial charge >= 0.3 is 0 Å². The Morgan fingerprint density at radius 3 is 1.94 bits per heavy atom. The van der Waals surface area contributed by atoms with Crippen LogP contribution in [0.5, 0.6) is 0 Å². The standard InChI is InChI=1S/C17H23N/c1-5-16(6-2)10-17(11-16,12-18)15-8-13(3)7-14(4)9-15/h7-9H,5-6,10-11H2,1-4H3. The molecular formula is C17H23N. The summed E-state index contributed by atoms with van der Waals surface area (Å²) < 4.78 is 0. The van der Waals surface area contributed by atoms with Crippen molar-refractivity contribution < 1.29 is 0 Å². The molecule has 0 aromatic heterocycles. The van der Waals surface area contributed by atoms with Crippen LogP contribution in [0.25, 0.3) is 0 Å². The Morgan fingerprint density at radius 2 is 1.56 bits per heavy atom. The van der Waals surface area contributed by atoms with Crippen molar-refractivity contribution >= 4 is 0 Å². The Morgan fingerprint density at radius 1 is 1.06 bits per heavy atom. The molecule has 0 aliphatic heterocycles. The Hall–Kier alpha value is -1.29. The van der Waals surface area contributed by atoms with Crippen LogP contribution in [0.1, 0.15) is 56.2 Å². The molecule has 1 saturated carbocycles. The highest BCUT2D eigenvalue weighted by Gasteiger charge is 2.53. The Balaban J connectivity index is 2.35. The molecule has 0 unspecified atom stereocenters. The van der Waals surface area contributed by atoms with E-state index in [0.29, 0.717) is 5.41 Å². The molecule has 0 amide bonds. The highest BCUT2D eigenvalue weighted by atomic mass is 14.6. The number of aryl methyl sites for hydroxylation is 2. The fourth-order valence-electron chi connectivity index (χ4n) is 3.58. The summed E-state index contributed by atoms with van der Waals surface area (Å²) in [6.07, 6.45) is 4.45. The predicted molar refractivity (Wildman–Crippen MR) is 75.5 cm³/mol. The van der Waals surface area contributed by atoms with E-state index in [9.17, 15) is 5.26 Å². The van der Waals surface area contributed by atoms with Gasteiger partial charge in [0.1, 0.15) is 0 Å². The summed E-state index contributed by atoms with van der Waals surface area (Å²) in [7, 11) is 0. The van der Waals surface area contributed by atoms with Gasteiger partial charge in [0.25, 0.3) is 0 Å². The normalized spacial score (nSPS) is 19.9.